The lowest BCUT2D eigenvalue weighted by Crippen LogP contribution is -2.42. The molecule has 0 fully saturated rings. The Morgan fingerprint density at radius 3 is 2.48 bits per heavy atom. The maximum atomic E-state index is 6.67. The first-order chi connectivity index (χ1) is 13.6. The molecule has 0 radical (unpaired) electrons. The maximum absolute atomic E-state index is 6.67. The smallest absolute Gasteiger partial charge is 0.199 e. The van der Waals surface area contributed by atoms with Crippen LogP contribution in [0.4, 0.5) is 5.69 Å². The molecule has 0 aromatic heterocycles. The number of rotatable bonds is 6. The minimum absolute atomic E-state index is 0.0431. The molecule has 0 saturated carbocycles. The van der Waals surface area contributed by atoms with Crippen molar-refractivity contribution < 1.29 is 4.43 Å². The van der Waals surface area contributed by atoms with E-state index in [1.54, 1.807) is 0 Å². The molecule has 2 aromatic carbocycles. The summed E-state index contributed by atoms with van der Waals surface area (Å²) in [5, 5.41) is 0.760. The lowest BCUT2D eigenvalue weighted by atomic mass is 9.94. The number of halogens is 2. The van der Waals surface area contributed by atoms with E-state index in [-0.39, 0.29) is 11.1 Å². The minimum Gasteiger partial charge on any atom is -0.417 e. The van der Waals surface area contributed by atoms with Crippen LogP contribution in [0.25, 0.3) is 0 Å². The molecule has 0 aliphatic carbocycles. The summed E-state index contributed by atoms with van der Waals surface area (Å²) in [6, 6.07) is 16.7. The molecule has 0 spiro atoms. The Morgan fingerprint density at radius 2 is 1.83 bits per heavy atom. The lowest BCUT2D eigenvalue weighted by Gasteiger charge is -2.38. The number of hydrogen-bond acceptors (Lipinski definition) is 3. The van der Waals surface area contributed by atoms with Crippen molar-refractivity contribution in [3.8, 4) is 0 Å². The standard InChI is InChI=1S/C23H30BrClN2OSi/c1-23(2,3)29(4,5)28-15-9-14-27-21(17-10-7-6-8-11-17)19-16-18(24)12-13-20(19)26-22(27)25/h6-8,10-13,16,21H,9,14-15H2,1-5H3. The van der Waals surface area contributed by atoms with Gasteiger partial charge >= 0.3 is 0 Å². The highest BCUT2D eigenvalue weighted by Crippen LogP contribution is 2.41. The summed E-state index contributed by atoms with van der Waals surface area (Å²) < 4.78 is 7.42. The van der Waals surface area contributed by atoms with Gasteiger partial charge in [-0.15, -0.1) is 0 Å². The van der Waals surface area contributed by atoms with Crippen molar-refractivity contribution in [2.45, 2.75) is 51.4 Å². The summed E-state index contributed by atoms with van der Waals surface area (Å²) in [7, 11) is -1.74. The normalized spacial score (nSPS) is 17.1. The fraction of sp³-hybridized carbons (Fsp3) is 0.435. The Bertz CT molecular complexity index is 880. The van der Waals surface area contributed by atoms with Crippen molar-refractivity contribution in [1.82, 2.24) is 4.90 Å². The van der Waals surface area contributed by atoms with Gasteiger partial charge in [0.25, 0.3) is 0 Å². The average molecular weight is 494 g/mol. The first-order valence-electron chi connectivity index (χ1n) is 10.1. The van der Waals surface area contributed by atoms with Crippen molar-refractivity contribution in [3.63, 3.8) is 0 Å². The Morgan fingerprint density at radius 1 is 1.14 bits per heavy atom. The van der Waals surface area contributed by atoms with Crippen LogP contribution in [0, 0.1) is 0 Å². The van der Waals surface area contributed by atoms with E-state index >= 15 is 0 Å². The van der Waals surface area contributed by atoms with Crippen LogP contribution in [0.1, 0.15) is 44.4 Å². The predicted molar refractivity (Wildman–Crippen MR) is 130 cm³/mol. The van der Waals surface area contributed by atoms with Crippen LogP contribution in [0.2, 0.25) is 18.1 Å². The summed E-state index contributed by atoms with van der Waals surface area (Å²) in [5.41, 5.74) is 3.31. The molecule has 1 aliphatic heterocycles. The zero-order chi connectivity index (χ0) is 21.2. The van der Waals surface area contributed by atoms with Gasteiger partial charge in [-0.3, -0.25) is 0 Å². The molecule has 0 saturated heterocycles. The van der Waals surface area contributed by atoms with Crippen molar-refractivity contribution in [2.24, 2.45) is 4.99 Å². The fourth-order valence-corrected chi connectivity index (χ4v) is 5.02. The Balaban J connectivity index is 1.81. The lowest BCUT2D eigenvalue weighted by molar-refractivity contribution is 0.254. The average Bonchev–Trinajstić information content (AvgIpc) is 2.65. The highest BCUT2D eigenvalue weighted by atomic mass is 79.9. The van der Waals surface area contributed by atoms with E-state index in [0.717, 1.165) is 29.7 Å². The molecule has 6 heteroatoms. The molecule has 0 N–H and O–H groups in total. The monoisotopic (exact) mass is 492 g/mol. The zero-order valence-corrected chi connectivity index (χ0v) is 21.2. The van der Waals surface area contributed by atoms with E-state index in [1.165, 1.54) is 11.1 Å². The summed E-state index contributed by atoms with van der Waals surface area (Å²) in [5.74, 6) is 0. The van der Waals surface area contributed by atoms with Crippen LogP contribution >= 0.6 is 27.5 Å². The van der Waals surface area contributed by atoms with Gasteiger partial charge < -0.3 is 9.33 Å². The van der Waals surface area contributed by atoms with Gasteiger partial charge in [0.1, 0.15) is 0 Å². The third-order valence-corrected chi connectivity index (χ3v) is 11.3. The molecule has 0 bridgehead atoms. The summed E-state index contributed by atoms with van der Waals surface area (Å²) in [4.78, 5) is 6.86. The Hall–Kier alpha value is -1.14. The molecule has 29 heavy (non-hydrogen) atoms. The van der Waals surface area contributed by atoms with Crippen molar-refractivity contribution in [3.05, 3.63) is 64.1 Å². The van der Waals surface area contributed by atoms with Gasteiger partial charge in [0.05, 0.1) is 11.7 Å². The second kappa shape index (κ2) is 8.92. The molecule has 1 heterocycles. The maximum Gasteiger partial charge on any atom is 0.199 e. The van der Waals surface area contributed by atoms with Gasteiger partial charge in [0.15, 0.2) is 13.6 Å². The van der Waals surface area contributed by atoms with Gasteiger partial charge in [-0.25, -0.2) is 4.99 Å². The third kappa shape index (κ3) is 5.13. The van der Waals surface area contributed by atoms with Crippen LogP contribution in [0.5, 0.6) is 0 Å². The highest BCUT2D eigenvalue weighted by Gasteiger charge is 2.37. The molecular weight excluding hydrogens is 464 g/mol. The van der Waals surface area contributed by atoms with Gasteiger partial charge in [-0.2, -0.15) is 0 Å². The van der Waals surface area contributed by atoms with E-state index in [2.05, 4.69) is 90.0 Å². The molecule has 156 valence electrons. The van der Waals surface area contributed by atoms with E-state index in [1.807, 2.05) is 18.2 Å². The van der Waals surface area contributed by atoms with Crippen LogP contribution in [-0.4, -0.2) is 31.7 Å². The van der Waals surface area contributed by atoms with Gasteiger partial charge in [-0.1, -0.05) is 67.0 Å². The SMILES string of the molecule is CC(C)(C)[Si](C)(C)OCCCN1C(Cl)=Nc2ccc(Br)cc2C1c1ccccc1. The molecule has 1 unspecified atom stereocenters. The van der Waals surface area contributed by atoms with Crippen LogP contribution in [0.3, 0.4) is 0 Å². The summed E-state index contributed by atoms with van der Waals surface area (Å²) in [6.07, 6.45) is 0.908. The molecule has 3 nitrogen and oxygen atoms in total. The first kappa shape index (κ1) is 22.5. The number of nitrogens with zero attached hydrogens (tertiary/aromatic N) is 2. The number of aliphatic imine (C=N–C) groups is 1. The quantitative estimate of drug-likeness (QED) is 0.236. The third-order valence-electron chi connectivity index (χ3n) is 5.97. The van der Waals surface area contributed by atoms with Crippen LogP contribution in [0.15, 0.2) is 58.0 Å². The van der Waals surface area contributed by atoms with E-state index in [9.17, 15) is 0 Å². The second-order valence-electron chi connectivity index (χ2n) is 9.05. The molecule has 1 atom stereocenters. The fourth-order valence-electron chi connectivity index (χ4n) is 3.28. The van der Waals surface area contributed by atoms with Crippen molar-refractivity contribution in [1.29, 1.82) is 0 Å². The van der Waals surface area contributed by atoms with Gasteiger partial charge in [0.2, 0.25) is 0 Å². The minimum atomic E-state index is -1.74. The highest BCUT2D eigenvalue weighted by molar-refractivity contribution is 9.10. The summed E-state index contributed by atoms with van der Waals surface area (Å²) in [6.45, 7) is 12.9. The molecular formula is C23H30BrClN2OSi. The van der Waals surface area contributed by atoms with E-state index in [4.69, 9.17) is 16.0 Å². The second-order valence-corrected chi connectivity index (χ2v) is 15.1. The van der Waals surface area contributed by atoms with E-state index in [0.29, 0.717) is 5.29 Å². The zero-order valence-electron chi connectivity index (χ0n) is 17.9. The molecule has 2 aromatic rings. The van der Waals surface area contributed by atoms with Gasteiger partial charge in [0, 0.05) is 23.2 Å². The summed E-state index contributed by atoms with van der Waals surface area (Å²) >= 11 is 10.3. The number of benzene rings is 2. The molecule has 1 aliphatic rings. The van der Waals surface area contributed by atoms with Crippen molar-refractivity contribution >= 4 is 46.8 Å². The number of fused-ring (bicyclic) bond motifs is 1. The number of amidine groups is 1. The topological polar surface area (TPSA) is 24.8 Å². The first-order valence-corrected chi connectivity index (χ1v) is 14.2. The largest absolute Gasteiger partial charge is 0.417 e. The van der Waals surface area contributed by atoms with Crippen molar-refractivity contribution in [2.75, 3.05) is 13.2 Å². The Labute approximate surface area is 189 Å². The van der Waals surface area contributed by atoms with Crippen LogP contribution < -0.4 is 0 Å². The predicted octanol–water partition coefficient (Wildman–Crippen LogP) is 7.49. The van der Waals surface area contributed by atoms with Gasteiger partial charge in [-0.05, 0) is 59.9 Å². The molecule has 0 amide bonds. The van der Waals surface area contributed by atoms with E-state index < -0.39 is 8.32 Å². The Kier molecular flexibility index (Phi) is 6.94. The van der Waals surface area contributed by atoms with Crippen LogP contribution in [-0.2, 0) is 4.43 Å². The molecule has 3 rings (SSSR count). The number of hydrogen-bond donors (Lipinski definition) is 0.